The normalized spacial score (nSPS) is 19.2. The molecule has 0 bridgehead atoms. The first-order valence-corrected chi connectivity index (χ1v) is 28.3. The predicted molar refractivity (Wildman–Crippen MR) is 95.0 cm³/mol. The zero-order chi connectivity index (χ0) is 17.0. The summed E-state index contributed by atoms with van der Waals surface area (Å²) in [5, 5.41) is 9.17. The Balaban J connectivity index is 2.39. The molecule has 0 heterocycles. The van der Waals surface area contributed by atoms with Crippen molar-refractivity contribution < 1.29 is 23.8 Å². The Labute approximate surface area is 139 Å². The number of benzene rings is 2. The topological polar surface area (TPSA) is 46.5 Å². The third-order valence-corrected chi connectivity index (χ3v) is 23.4. The molecule has 1 aliphatic rings. The van der Waals surface area contributed by atoms with E-state index in [4.69, 9.17) is 19.8 Å². The molecular weight excluding hydrogens is 430 g/mol. The molecule has 2 aromatic carbocycles. The second-order valence-corrected chi connectivity index (χ2v) is 73.5. The van der Waals surface area contributed by atoms with Gasteiger partial charge in [0.1, 0.15) is 0 Å². The number of hydrogen-bond donors (Lipinski definition) is 1. The van der Waals surface area contributed by atoms with Crippen LogP contribution in [0.2, 0.25) is 4.63 Å². The van der Waals surface area contributed by atoms with Gasteiger partial charge in [-0.05, 0) is 0 Å². The van der Waals surface area contributed by atoms with Gasteiger partial charge in [-0.15, -0.1) is 0 Å². The molecule has 0 radical (unpaired) electrons. The third kappa shape index (κ3) is 2.97. The average molecular weight is 451 g/mol. The van der Waals surface area contributed by atoms with Gasteiger partial charge in [0.2, 0.25) is 0 Å². The molecule has 124 valence electrons. The van der Waals surface area contributed by atoms with E-state index in [1.165, 1.54) is 4.63 Å². The van der Waals surface area contributed by atoms with Crippen molar-refractivity contribution in [3.8, 4) is 11.1 Å². The van der Waals surface area contributed by atoms with Crippen molar-refractivity contribution in [3.05, 3.63) is 59.7 Å². The Morgan fingerprint density at radius 2 is 1.52 bits per heavy atom. The Hall–Kier alpha value is -0.160. The molecule has 7 heteroatoms. The van der Waals surface area contributed by atoms with Crippen molar-refractivity contribution in [1.82, 2.24) is 0 Å². The van der Waals surface area contributed by atoms with E-state index in [0.717, 1.165) is 22.3 Å². The van der Waals surface area contributed by atoms with Crippen LogP contribution < -0.4 is 0 Å². The molecule has 0 amide bonds. The Morgan fingerprint density at radius 1 is 1.09 bits per heavy atom. The Kier molecular flexibility index (Phi) is 3.32. The summed E-state index contributed by atoms with van der Waals surface area (Å²) in [6, 6.07) is 15.4. The van der Waals surface area contributed by atoms with Gasteiger partial charge >= 0.3 is 140 Å². The van der Waals surface area contributed by atoms with Gasteiger partial charge in [0.15, 0.2) is 0 Å². The molecule has 1 aliphatic carbocycles. The van der Waals surface area contributed by atoms with Crippen molar-refractivity contribution in [2.45, 2.75) is 8.26 Å². The Bertz CT molecular complexity index is 869. The first-order valence-electron chi connectivity index (χ1n) is 7.66. The van der Waals surface area contributed by atoms with Gasteiger partial charge in [-0.3, -0.25) is 0 Å². The summed E-state index contributed by atoms with van der Waals surface area (Å²) in [4.78, 5) is 0. The molecule has 0 aromatic heterocycles. The standard InChI is InChI=1S/C13H9.C2H5O2.CH3.2ClH.O.H3Si.Zr/c1-3-7-12-10(5-1)9-11-6-2-4-8-13(11)12;3-1-2-4;;;;;;/h1-9H;3H,1-2H2;1H3;2*1H;;1H3;/q;-1;;;;;;+3/p-2. The summed E-state index contributed by atoms with van der Waals surface area (Å²) in [5.41, 5.74) is 3.60. The number of aliphatic hydroxyl groups excluding tert-OH is 1. The minimum atomic E-state index is -6.78. The summed E-state index contributed by atoms with van der Waals surface area (Å²) in [6.07, 6.45) is 0. The number of rotatable bonds is 4. The van der Waals surface area contributed by atoms with Gasteiger partial charge in [0.05, 0.1) is 0 Å². The van der Waals surface area contributed by atoms with Crippen LogP contribution in [0.4, 0.5) is 0 Å². The SMILES string of the molecule is [CH3][Zr](=[O])([SiH3])([Cl])([Cl])([O]CCO)[CH]1c2ccccc2-c2ccccc21. The number of fused-ring (bicyclic) bond motifs is 3. The van der Waals surface area contributed by atoms with Gasteiger partial charge in [0, 0.05) is 0 Å². The molecule has 23 heavy (non-hydrogen) atoms. The summed E-state index contributed by atoms with van der Waals surface area (Å²) in [5.74, 6) is 0. The fraction of sp³-hybridized carbons (Fsp3) is 0.250. The second kappa shape index (κ2) is 4.32. The number of hydrogen-bond acceptors (Lipinski definition) is 3. The summed E-state index contributed by atoms with van der Waals surface area (Å²) in [7, 11) is 13.7. The number of aliphatic hydroxyl groups is 1. The molecule has 0 saturated heterocycles. The maximum atomic E-state index is 14.4. The molecule has 0 aliphatic heterocycles. The van der Waals surface area contributed by atoms with E-state index in [-0.39, 0.29) is 20.6 Å². The van der Waals surface area contributed by atoms with Crippen molar-refractivity contribution in [2.24, 2.45) is 0 Å². The molecular formula is C16H20Cl2O3SiZr. The van der Waals surface area contributed by atoms with Crippen LogP contribution >= 0.6 is 17.0 Å². The van der Waals surface area contributed by atoms with Crippen LogP contribution in [0.25, 0.3) is 11.1 Å². The molecule has 0 spiro atoms. The van der Waals surface area contributed by atoms with Gasteiger partial charge in [-0.25, -0.2) is 0 Å². The second-order valence-electron chi connectivity index (χ2n) is 7.75. The summed E-state index contributed by atoms with van der Waals surface area (Å²) >= 11 is -6.78. The van der Waals surface area contributed by atoms with Crippen LogP contribution in [0, 0.1) is 0 Å². The molecule has 3 nitrogen and oxygen atoms in total. The summed E-state index contributed by atoms with van der Waals surface area (Å²) < 4.78 is 20.8. The van der Waals surface area contributed by atoms with E-state index >= 15 is 0 Å². The van der Waals surface area contributed by atoms with Crippen molar-refractivity contribution in [1.29, 1.82) is 0 Å². The zero-order valence-corrected chi connectivity index (χ0v) is 19.1. The first kappa shape index (κ1) is 17.7. The van der Waals surface area contributed by atoms with E-state index in [9.17, 15) is 7.92 Å². The first-order chi connectivity index (χ1) is 10.4. The summed E-state index contributed by atoms with van der Waals surface area (Å²) in [6.45, 7) is -0.442. The van der Waals surface area contributed by atoms with E-state index in [0.29, 0.717) is 0 Å². The predicted octanol–water partition coefficient (Wildman–Crippen LogP) is 3.42. The van der Waals surface area contributed by atoms with E-state index < -0.39 is 16.7 Å². The van der Waals surface area contributed by atoms with Crippen LogP contribution in [0.15, 0.2) is 48.5 Å². The van der Waals surface area contributed by atoms with Crippen molar-refractivity contribution >= 4 is 24.4 Å². The maximum absolute atomic E-state index is 14.4. The quantitative estimate of drug-likeness (QED) is 0.727. The van der Waals surface area contributed by atoms with Gasteiger partial charge in [-0.1, -0.05) is 0 Å². The van der Waals surface area contributed by atoms with Gasteiger partial charge in [0.25, 0.3) is 0 Å². The molecule has 2 aromatic rings. The monoisotopic (exact) mass is 448 g/mol. The molecule has 0 unspecified atom stereocenters. The van der Waals surface area contributed by atoms with E-state index in [2.05, 4.69) is 0 Å². The van der Waals surface area contributed by atoms with E-state index in [1.54, 1.807) is 0 Å². The average Bonchev–Trinajstić information content (AvgIpc) is 2.80. The minimum absolute atomic E-state index is 0.0473. The molecule has 1 N–H and O–H groups in total. The van der Waals surface area contributed by atoms with Crippen molar-refractivity contribution in [3.63, 3.8) is 0 Å². The Morgan fingerprint density at radius 3 is 1.96 bits per heavy atom. The third-order valence-electron chi connectivity index (χ3n) is 4.60. The zero-order valence-electron chi connectivity index (χ0n) is 13.1. The fourth-order valence-corrected chi connectivity index (χ4v) is 21.6. The van der Waals surface area contributed by atoms with Gasteiger partial charge < -0.3 is 0 Å². The van der Waals surface area contributed by atoms with Crippen LogP contribution in [-0.4, -0.2) is 25.7 Å². The number of halogens is 2. The van der Waals surface area contributed by atoms with Crippen LogP contribution in [-0.2, 0) is 18.7 Å². The van der Waals surface area contributed by atoms with Crippen LogP contribution in [0.5, 0.6) is 0 Å². The van der Waals surface area contributed by atoms with Crippen molar-refractivity contribution in [2.75, 3.05) is 13.2 Å². The fourth-order valence-electron chi connectivity index (χ4n) is 3.78. The van der Waals surface area contributed by atoms with Crippen LogP contribution in [0.3, 0.4) is 0 Å². The molecule has 0 atom stereocenters. The molecule has 3 rings (SSSR count). The molecule has 0 saturated carbocycles. The molecule has 0 fully saturated rings. The van der Waals surface area contributed by atoms with E-state index in [1.807, 2.05) is 48.5 Å². The van der Waals surface area contributed by atoms with Crippen LogP contribution in [0.1, 0.15) is 14.8 Å². The van der Waals surface area contributed by atoms with Gasteiger partial charge in [-0.2, -0.15) is 0 Å².